The molecule has 2 aromatic carbocycles. The van der Waals surface area contributed by atoms with Gasteiger partial charge in [-0.1, -0.05) is 30.7 Å². The van der Waals surface area contributed by atoms with Crippen LogP contribution in [0.5, 0.6) is 17.4 Å². The Labute approximate surface area is 198 Å². The number of aliphatic carboxylic acids is 1. The third kappa shape index (κ3) is 6.13. The summed E-state index contributed by atoms with van der Waals surface area (Å²) >= 11 is 6.11. The van der Waals surface area contributed by atoms with Crippen molar-refractivity contribution in [1.82, 2.24) is 9.78 Å². The minimum atomic E-state index is -3.06. The summed E-state index contributed by atoms with van der Waals surface area (Å²) in [7, 11) is 1.41. The predicted octanol–water partition coefficient (Wildman–Crippen LogP) is 5.36. The number of benzene rings is 2. The van der Waals surface area contributed by atoms with Gasteiger partial charge in [0.05, 0.1) is 0 Å². The molecule has 0 saturated carbocycles. The maximum absolute atomic E-state index is 14.6. The van der Waals surface area contributed by atoms with Gasteiger partial charge in [0.1, 0.15) is 28.8 Å². The monoisotopic (exact) mass is 498 g/mol. The van der Waals surface area contributed by atoms with Crippen LogP contribution in [-0.2, 0) is 18.3 Å². The summed E-state index contributed by atoms with van der Waals surface area (Å²) in [5.41, 5.74) is 1.62. The Hall–Kier alpha value is -3.40. The second-order valence-corrected chi connectivity index (χ2v) is 7.60. The van der Waals surface area contributed by atoms with Crippen molar-refractivity contribution in [3.05, 3.63) is 59.1 Å². The number of carbonyl (C=O) groups is 1. The first kappa shape index (κ1) is 25.2. The molecule has 1 heterocycles. The second-order valence-electron chi connectivity index (χ2n) is 7.22. The van der Waals surface area contributed by atoms with Gasteiger partial charge in [-0.2, -0.15) is 13.9 Å². The van der Waals surface area contributed by atoms with E-state index >= 15 is 0 Å². The van der Waals surface area contributed by atoms with Crippen molar-refractivity contribution in [3.8, 4) is 28.6 Å². The number of hydrogen-bond donors (Lipinski definition) is 1. The van der Waals surface area contributed by atoms with Gasteiger partial charge in [0.2, 0.25) is 5.88 Å². The lowest BCUT2D eigenvalue weighted by Gasteiger charge is -2.19. The van der Waals surface area contributed by atoms with Crippen molar-refractivity contribution in [3.63, 3.8) is 0 Å². The molecule has 0 aliphatic carbocycles. The predicted molar refractivity (Wildman–Crippen MR) is 118 cm³/mol. The zero-order valence-corrected chi connectivity index (χ0v) is 19.0. The molecule has 0 aliphatic rings. The number of carboxylic acids is 1. The number of aryl methyl sites for hydroxylation is 2. The molecule has 11 heteroatoms. The van der Waals surface area contributed by atoms with Gasteiger partial charge in [0.15, 0.2) is 5.92 Å². The van der Waals surface area contributed by atoms with E-state index in [0.717, 1.165) is 16.7 Å². The molecule has 34 heavy (non-hydrogen) atoms. The lowest BCUT2D eigenvalue weighted by molar-refractivity contribution is -0.151. The molecular formula is C23H22ClF3N2O5. The summed E-state index contributed by atoms with van der Waals surface area (Å²) in [5.74, 6) is -2.79. The normalized spacial score (nSPS) is 12.9. The van der Waals surface area contributed by atoms with Crippen molar-refractivity contribution in [2.75, 3.05) is 6.61 Å². The topological polar surface area (TPSA) is 82.8 Å². The van der Waals surface area contributed by atoms with Crippen LogP contribution < -0.4 is 14.2 Å². The smallest absolute Gasteiger partial charge is 0.388 e. The third-order valence-corrected chi connectivity index (χ3v) is 5.23. The second kappa shape index (κ2) is 11.1. The van der Waals surface area contributed by atoms with Crippen LogP contribution in [0.3, 0.4) is 0 Å². The minimum Gasteiger partial charge on any atom is -0.492 e. The van der Waals surface area contributed by atoms with E-state index in [0.29, 0.717) is 5.56 Å². The number of carboxylic acid groups (broad SMARTS) is 1. The molecule has 1 N–H and O–H groups in total. The maximum atomic E-state index is 14.6. The fraction of sp³-hybridized carbons (Fsp3) is 0.304. The van der Waals surface area contributed by atoms with Gasteiger partial charge < -0.3 is 19.3 Å². The molecule has 0 saturated heterocycles. The van der Waals surface area contributed by atoms with Gasteiger partial charge in [0.25, 0.3) is 6.36 Å². The maximum Gasteiger partial charge on any atom is 0.388 e. The van der Waals surface area contributed by atoms with Crippen LogP contribution in [0, 0.1) is 5.92 Å². The van der Waals surface area contributed by atoms with E-state index in [-0.39, 0.29) is 28.1 Å². The first-order valence-corrected chi connectivity index (χ1v) is 10.6. The largest absolute Gasteiger partial charge is 0.492 e. The first-order valence-electron chi connectivity index (χ1n) is 10.2. The Kier molecular flexibility index (Phi) is 8.27. The van der Waals surface area contributed by atoms with E-state index in [9.17, 15) is 23.1 Å². The molecule has 182 valence electrons. The number of ether oxygens (including phenoxy) is 3. The van der Waals surface area contributed by atoms with E-state index in [1.807, 2.05) is 13.0 Å². The van der Waals surface area contributed by atoms with Gasteiger partial charge in [-0.05, 0) is 48.4 Å². The molecule has 0 fully saturated rings. The SMILES string of the molecule is CCc1cccc(OC(F)C(COc2ccc(-c3nn(C)c(OC(F)F)c3Cl)cc2)C(=O)O)c1. The highest BCUT2D eigenvalue weighted by atomic mass is 35.5. The molecule has 0 radical (unpaired) electrons. The molecule has 0 bridgehead atoms. The Morgan fingerprint density at radius 3 is 2.44 bits per heavy atom. The van der Waals surface area contributed by atoms with Crippen LogP contribution in [0.2, 0.25) is 5.02 Å². The number of halogens is 4. The molecule has 0 spiro atoms. The van der Waals surface area contributed by atoms with Crippen LogP contribution >= 0.6 is 11.6 Å². The van der Waals surface area contributed by atoms with Crippen LogP contribution in [0.15, 0.2) is 48.5 Å². The quantitative estimate of drug-likeness (QED) is 0.383. The lowest BCUT2D eigenvalue weighted by Crippen LogP contribution is -2.34. The molecule has 7 nitrogen and oxygen atoms in total. The highest BCUT2D eigenvalue weighted by molar-refractivity contribution is 6.34. The van der Waals surface area contributed by atoms with Crippen LogP contribution in [0.4, 0.5) is 13.2 Å². The van der Waals surface area contributed by atoms with Crippen LogP contribution in [-0.4, -0.2) is 40.4 Å². The van der Waals surface area contributed by atoms with E-state index < -0.39 is 31.5 Å². The average molecular weight is 499 g/mol. The fourth-order valence-corrected chi connectivity index (χ4v) is 3.40. The summed E-state index contributed by atoms with van der Waals surface area (Å²) in [6.45, 7) is -1.61. The molecule has 3 rings (SSSR count). The number of nitrogens with zero attached hydrogens (tertiary/aromatic N) is 2. The van der Waals surface area contributed by atoms with Gasteiger partial charge in [-0.15, -0.1) is 0 Å². The Morgan fingerprint density at radius 2 is 1.82 bits per heavy atom. The van der Waals surface area contributed by atoms with E-state index in [1.165, 1.54) is 19.2 Å². The van der Waals surface area contributed by atoms with Crippen molar-refractivity contribution in [1.29, 1.82) is 0 Å². The van der Waals surface area contributed by atoms with Crippen molar-refractivity contribution >= 4 is 17.6 Å². The summed E-state index contributed by atoms with van der Waals surface area (Å²) < 4.78 is 55.8. The lowest BCUT2D eigenvalue weighted by atomic mass is 10.1. The van der Waals surface area contributed by atoms with Crippen molar-refractivity contribution in [2.24, 2.45) is 13.0 Å². The Morgan fingerprint density at radius 1 is 1.12 bits per heavy atom. The molecule has 3 aromatic rings. The van der Waals surface area contributed by atoms with Gasteiger partial charge in [-0.25, -0.2) is 9.07 Å². The van der Waals surface area contributed by atoms with Gasteiger partial charge >= 0.3 is 12.6 Å². The average Bonchev–Trinajstić information content (AvgIpc) is 3.07. The standard InChI is InChI=1S/C23H22ClF3N2O5/c1-3-13-5-4-6-16(11-13)33-20(25)17(22(30)31)12-32-15-9-7-14(8-10-15)19-18(24)21(29(2)28-19)34-23(26)27/h4-11,17,20,23H,3,12H2,1-2H3,(H,30,31). The summed E-state index contributed by atoms with van der Waals surface area (Å²) in [6, 6.07) is 12.8. The zero-order chi connectivity index (χ0) is 24.8. The fourth-order valence-electron chi connectivity index (χ4n) is 3.08. The van der Waals surface area contributed by atoms with Gasteiger partial charge in [0, 0.05) is 12.6 Å². The number of alkyl halides is 3. The number of aromatic nitrogens is 2. The van der Waals surface area contributed by atoms with Gasteiger partial charge in [-0.3, -0.25) is 4.79 Å². The molecule has 1 aromatic heterocycles. The summed E-state index contributed by atoms with van der Waals surface area (Å²) in [5, 5.41) is 13.4. The molecular weight excluding hydrogens is 477 g/mol. The highest BCUT2D eigenvalue weighted by Gasteiger charge is 2.31. The van der Waals surface area contributed by atoms with Crippen molar-refractivity contribution < 1.29 is 37.3 Å². The van der Waals surface area contributed by atoms with Crippen molar-refractivity contribution in [2.45, 2.75) is 26.3 Å². The Bertz CT molecular complexity index is 1120. The highest BCUT2D eigenvalue weighted by Crippen LogP contribution is 2.36. The van der Waals surface area contributed by atoms with E-state index in [4.69, 9.17) is 21.1 Å². The van der Waals surface area contributed by atoms with Crippen LogP contribution in [0.1, 0.15) is 12.5 Å². The first-order chi connectivity index (χ1) is 16.2. The Balaban J connectivity index is 1.66. The van der Waals surface area contributed by atoms with E-state index in [2.05, 4.69) is 9.84 Å². The molecule has 2 atom stereocenters. The summed E-state index contributed by atoms with van der Waals surface area (Å²) in [6.07, 6.45) is -1.41. The number of hydrogen-bond acceptors (Lipinski definition) is 5. The minimum absolute atomic E-state index is 0.0908. The van der Waals surface area contributed by atoms with Crippen LogP contribution in [0.25, 0.3) is 11.3 Å². The molecule has 0 amide bonds. The third-order valence-electron chi connectivity index (χ3n) is 4.89. The zero-order valence-electron chi connectivity index (χ0n) is 18.3. The van der Waals surface area contributed by atoms with E-state index in [1.54, 1.807) is 30.3 Å². The molecule has 2 unspecified atom stereocenters. The molecule has 0 aliphatic heterocycles. The summed E-state index contributed by atoms with van der Waals surface area (Å²) in [4.78, 5) is 11.6. The number of rotatable bonds is 11.